The van der Waals surface area contributed by atoms with E-state index < -0.39 is 24.6 Å². The minimum Gasteiger partial charge on any atom is -0.493 e. The van der Waals surface area contributed by atoms with Crippen molar-refractivity contribution in [2.24, 2.45) is 5.73 Å². The molecule has 2 aromatic carbocycles. The van der Waals surface area contributed by atoms with Crippen LogP contribution in [0.5, 0.6) is 11.5 Å². The summed E-state index contributed by atoms with van der Waals surface area (Å²) in [6, 6.07) is 8.38. The lowest BCUT2D eigenvalue weighted by Gasteiger charge is -2.22. The van der Waals surface area contributed by atoms with Gasteiger partial charge in [-0.15, -0.1) is 0 Å². The monoisotopic (exact) mass is 415 g/mol. The number of carboxylic acids is 2. The second kappa shape index (κ2) is 10.1. The fourth-order valence-corrected chi connectivity index (χ4v) is 2.87. The van der Waals surface area contributed by atoms with E-state index in [1.165, 1.54) is 6.07 Å². The summed E-state index contributed by atoms with van der Waals surface area (Å²) < 4.78 is 11.0. The van der Waals surface area contributed by atoms with Gasteiger partial charge in [-0.05, 0) is 49.2 Å². The number of nitrogen functional groups attached to an aromatic ring is 1. The van der Waals surface area contributed by atoms with E-state index in [9.17, 15) is 14.7 Å². The third-order valence-electron chi connectivity index (χ3n) is 4.29. The Hall–Kier alpha value is -3.75. The Labute approximate surface area is 173 Å². The normalized spacial score (nSPS) is 11.4. The van der Waals surface area contributed by atoms with E-state index in [4.69, 9.17) is 25.7 Å². The molecule has 30 heavy (non-hydrogen) atoms. The average molecular weight is 415 g/mol. The third-order valence-corrected chi connectivity index (χ3v) is 4.29. The molecule has 0 fully saturated rings. The number of nitrogens with one attached hydrogen (secondary N) is 2. The third kappa shape index (κ3) is 5.63. The molecule has 2 aromatic rings. The van der Waals surface area contributed by atoms with Crippen LogP contribution < -0.4 is 20.5 Å². The molecule has 1 unspecified atom stereocenters. The number of carbonyl (C=O) groups is 2. The number of hydrogen-bond donors (Lipinski definition) is 5. The van der Waals surface area contributed by atoms with Crippen LogP contribution in [0.2, 0.25) is 0 Å². The molecule has 0 aromatic heterocycles. The molecule has 0 aliphatic rings. The molecule has 9 heteroatoms. The molecule has 6 N–H and O–H groups in total. The summed E-state index contributed by atoms with van der Waals surface area (Å²) in [6.45, 7) is 3.50. The lowest BCUT2D eigenvalue weighted by Crippen LogP contribution is -2.22. The van der Waals surface area contributed by atoms with Gasteiger partial charge in [0.2, 0.25) is 0 Å². The number of anilines is 1. The molecular formula is C21H25N3O6. The highest BCUT2D eigenvalue weighted by atomic mass is 16.5. The van der Waals surface area contributed by atoms with Crippen LogP contribution >= 0.6 is 0 Å². The predicted octanol–water partition coefficient (Wildman–Crippen LogP) is 2.63. The fourth-order valence-electron chi connectivity index (χ4n) is 2.87. The van der Waals surface area contributed by atoms with E-state index in [1.54, 1.807) is 30.3 Å². The van der Waals surface area contributed by atoms with Gasteiger partial charge in [0.15, 0.2) is 12.6 Å². The van der Waals surface area contributed by atoms with Gasteiger partial charge < -0.3 is 30.7 Å². The highest BCUT2D eigenvalue weighted by molar-refractivity contribution is 5.95. The zero-order valence-electron chi connectivity index (χ0n) is 16.8. The Morgan fingerprint density at radius 1 is 1.10 bits per heavy atom. The molecule has 0 amide bonds. The SMILES string of the molecule is CCOc1cc(OCC(=O)O)c(C(Nc2ccc(C(=N)N)cc2)C(=O)O)cc1CC. The summed E-state index contributed by atoms with van der Waals surface area (Å²) in [5.41, 5.74) is 7.49. The van der Waals surface area contributed by atoms with Crippen molar-refractivity contribution in [3.8, 4) is 11.5 Å². The zero-order valence-corrected chi connectivity index (χ0v) is 16.8. The van der Waals surface area contributed by atoms with Gasteiger partial charge in [0.1, 0.15) is 17.3 Å². The summed E-state index contributed by atoms with van der Waals surface area (Å²) in [4.78, 5) is 23.0. The predicted molar refractivity (Wildman–Crippen MR) is 112 cm³/mol. The molecule has 9 nitrogen and oxygen atoms in total. The van der Waals surface area contributed by atoms with Gasteiger partial charge in [0, 0.05) is 22.9 Å². The summed E-state index contributed by atoms with van der Waals surface area (Å²) in [5, 5.41) is 29.2. The Morgan fingerprint density at radius 2 is 1.77 bits per heavy atom. The van der Waals surface area contributed by atoms with Crippen LogP contribution in [-0.2, 0) is 16.0 Å². The molecule has 2 rings (SSSR count). The van der Waals surface area contributed by atoms with Gasteiger partial charge in [-0.1, -0.05) is 6.92 Å². The van der Waals surface area contributed by atoms with Gasteiger partial charge in [0.25, 0.3) is 0 Å². The highest BCUT2D eigenvalue weighted by Gasteiger charge is 2.26. The molecule has 0 spiro atoms. The molecule has 0 aliphatic carbocycles. The first-order valence-electron chi connectivity index (χ1n) is 9.34. The molecule has 160 valence electrons. The number of benzene rings is 2. The van der Waals surface area contributed by atoms with E-state index in [1.807, 2.05) is 13.8 Å². The number of carboxylic acid groups (broad SMARTS) is 2. The maximum atomic E-state index is 12.1. The molecule has 1 atom stereocenters. The van der Waals surface area contributed by atoms with Gasteiger partial charge in [0.05, 0.1) is 6.61 Å². The fraction of sp³-hybridized carbons (Fsp3) is 0.286. The molecule has 0 aliphatic heterocycles. The number of rotatable bonds is 11. The van der Waals surface area contributed by atoms with Crippen molar-refractivity contribution in [2.45, 2.75) is 26.3 Å². The second-order valence-corrected chi connectivity index (χ2v) is 6.37. The number of amidine groups is 1. The zero-order chi connectivity index (χ0) is 22.3. The minimum atomic E-state index is -1.21. The van der Waals surface area contributed by atoms with E-state index in [2.05, 4.69) is 5.32 Å². The lowest BCUT2D eigenvalue weighted by atomic mass is 9.99. The Morgan fingerprint density at radius 3 is 2.27 bits per heavy atom. The van der Waals surface area contributed by atoms with Crippen LogP contribution in [0, 0.1) is 5.41 Å². The van der Waals surface area contributed by atoms with Crippen molar-refractivity contribution >= 4 is 23.5 Å². The topological polar surface area (TPSA) is 155 Å². The Bertz CT molecular complexity index is 927. The van der Waals surface area contributed by atoms with Crippen LogP contribution in [-0.4, -0.2) is 41.2 Å². The molecular weight excluding hydrogens is 390 g/mol. The number of aliphatic carboxylic acids is 2. The first-order valence-corrected chi connectivity index (χ1v) is 9.34. The smallest absolute Gasteiger partial charge is 0.341 e. The molecule has 0 saturated carbocycles. The highest BCUT2D eigenvalue weighted by Crippen LogP contribution is 2.35. The molecule has 0 bridgehead atoms. The molecule has 0 heterocycles. The first kappa shape index (κ1) is 22.5. The lowest BCUT2D eigenvalue weighted by molar-refractivity contribution is -0.139. The maximum absolute atomic E-state index is 12.1. The summed E-state index contributed by atoms with van der Waals surface area (Å²) in [7, 11) is 0. The number of hydrogen-bond acceptors (Lipinski definition) is 6. The van der Waals surface area contributed by atoms with Crippen molar-refractivity contribution in [3.63, 3.8) is 0 Å². The van der Waals surface area contributed by atoms with Gasteiger partial charge in [-0.25, -0.2) is 9.59 Å². The van der Waals surface area contributed by atoms with Gasteiger partial charge in [-0.3, -0.25) is 5.41 Å². The van der Waals surface area contributed by atoms with Crippen molar-refractivity contribution in [1.82, 2.24) is 0 Å². The van der Waals surface area contributed by atoms with Crippen LogP contribution in [0.4, 0.5) is 5.69 Å². The van der Waals surface area contributed by atoms with Crippen LogP contribution in [0.3, 0.4) is 0 Å². The van der Waals surface area contributed by atoms with Crippen molar-refractivity contribution in [2.75, 3.05) is 18.5 Å². The number of aryl methyl sites for hydroxylation is 1. The number of nitrogens with two attached hydrogens (primary N) is 1. The summed E-state index contributed by atoms with van der Waals surface area (Å²) in [6.07, 6.45) is 0.585. The minimum absolute atomic E-state index is 0.0974. The second-order valence-electron chi connectivity index (χ2n) is 6.37. The molecule has 0 saturated heterocycles. The quantitative estimate of drug-likeness (QED) is 0.277. The first-order chi connectivity index (χ1) is 14.3. The Balaban J connectivity index is 2.48. The van der Waals surface area contributed by atoms with Crippen LogP contribution in [0.25, 0.3) is 0 Å². The molecule has 0 radical (unpaired) electrons. The standard InChI is InChI=1S/C21H25N3O6/c1-3-12-9-15(17(30-11-18(25)26)10-16(12)29-4-2)19(21(27)28)24-14-7-5-13(6-8-14)20(22)23/h5-10,19,24H,3-4,11H2,1-2H3,(H3,22,23)(H,25,26)(H,27,28). The van der Waals surface area contributed by atoms with Crippen LogP contribution in [0.1, 0.15) is 36.6 Å². The number of ether oxygens (including phenoxy) is 2. The van der Waals surface area contributed by atoms with Crippen molar-refractivity contribution in [3.05, 3.63) is 53.1 Å². The van der Waals surface area contributed by atoms with E-state index in [0.717, 1.165) is 5.56 Å². The van der Waals surface area contributed by atoms with E-state index in [0.29, 0.717) is 30.0 Å². The average Bonchev–Trinajstić information content (AvgIpc) is 2.71. The van der Waals surface area contributed by atoms with Gasteiger partial charge in [-0.2, -0.15) is 0 Å². The van der Waals surface area contributed by atoms with Gasteiger partial charge >= 0.3 is 11.9 Å². The van der Waals surface area contributed by atoms with Crippen LogP contribution in [0.15, 0.2) is 36.4 Å². The van der Waals surface area contributed by atoms with E-state index >= 15 is 0 Å². The summed E-state index contributed by atoms with van der Waals surface area (Å²) in [5.74, 6) is -1.83. The largest absolute Gasteiger partial charge is 0.493 e. The maximum Gasteiger partial charge on any atom is 0.341 e. The van der Waals surface area contributed by atoms with Crippen molar-refractivity contribution < 1.29 is 29.3 Å². The van der Waals surface area contributed by atoms with Crippen molar-refractivity contribution in [1.29, 1.82) is 5.41 Å². The summed E-state index contributed by atoms with van der Waals surface area (Å²) >= 11 is 0. The Kier molecular flexibility index (Phi) is 7.62. The van der Waals surface area contributed by atoms with E-state index in [-0.39, 0.29) is 17.1 Å².